The van der Waals surface area contributed by atoms with Crippen LogP contribution in [0.5, 0.6) is 5.75 Å². The van der Waals surface area contributed by atoms with Crippen molar-refractivity contribution in [2.45, 2.75) is 6.92 Å². The van der Waals surface area contributed by atoms with Crippen LogP contribution in [0, 0.1) is 17.2 Å². The van der Waals surface area contributed by atoms with Gasteiger partial charge in [0.2, 0.25) is 11.8 Å². The first-order chi connectivity index (χ1) is 18.0. The van der Waals surface area contributed by atoms with Crippen LogP contribution in [-0.4, -0.2) is 77.2 Å². The third kappa shape index (κ3) is 6.42. The van der Waals surface area contributed by atoms with Gasteiger partial charge in [-0.05, 0) is 18.2 Å². The Kier molecular flexibility index (Phi) is 8.33. The molecule has 1 aliphatic heterocycles. The smallest absolute Gasteiger partial charge is 0.234 e. The molecule has 1 saturated heterocycles. The number of rotatable bonds is 11. The Bertz CT molecular complexity index is 1310. The minimum atomic E-state index is -0.234. The first-order valence-electron chi connectivity index (χ1n) is 12.1. The van der Waals surface area contributed by atoms with Crippen LogP contribution in [0.2, 0.25) is 0 Å². The molecule has 1 atom stereocenters. The average molecular weight is 503 g/mol. The number of nitriles is 1. The molecule has 0 saturated carbocycles. The molecule has 1 aliphatic rings. The SMILES string of the molecule is C=CC(C)C(=O)NCCNc1ccc(-c2cc(OCCN3CCNC(=O)C3)cn3ncc(C#N)c23)cn1. The Labute approximate surface area is 215 Å². The summed E-state index contributed by atoms with van der Waals surface area (Å²) in [5.41, 5.74) is 2.70. The maximum absolute atomic E-state index is 11.8. The third-order valence-corrected chi connectivity index (χ3v) is 6.07. The number of pyridine rings is 2. The van der Waals surface area contributed by atoms with Crippen LogP contribution in [0.1, 0.15) is 12.5 Å². The van der Waals surface area contributed by atoms with E-state index in [1.165, 1.54) is 6.20 Å². The molecule has 0 aliphatic carbocycles. The zero-order valence-electron chi connectivity index (χ0n) is 20.7. The number of piperazine rings is 1. The number of hydrogen-bond acceptors (Lipinski definition) is 8. The molecule has 3 aromatic rings. The lowest BCUT2D eigenvalue weighted by Gasteiger charge is -2.26. The number of amides is 2. The fraction of sp³-hybridized carbons (Fsp3) is 0.346. The molecule has 11 nitrogen and oxygen atoms in total. The second-order valence-corrected chi connectivity index (χ2v) is 8.70. The van der Waals surface area contributed by atoms with Crippen LogP contribution >= 0.6 is 0 Å². The highest BCUT2D eigenvalue weighted by molar-refractivity contribution is 5.85. The second kappa shape index (κ2) is 12.0. The average Bonchev–Trinajstić information content (AvgIpc) is 3.33. The number of carbonyl (C=O) groups is 2. The van der Waals surface area contributed by atoms with E-state index in [2.05, 4.69) is 38.7 Å². The molecule has 3 N–H and O–H groups in total. The molecule has 3 aromatic heterocycles. The summed E-state index contributed by atoms with van der Waals surface area (Å²) in [5, 5.41) is 22.8. The van der Waals surface area contributed by atoms with E-state index in [0.29, 0.717) is 62.0 Å². The summed E-state index contributed by atoms with van der Waals surface area (Å²) >= 11 is 0. The summed E-state index contributed by atoms with van der Waals surface area (Å²) in [5.74, 6) is 0.984. The van der Waals surface area contributed by atoms with Gasteiger partial charge in [0.05, 0.1) is 35.9 Å². The molecule has 192 valence electrons. The topological polar surface area (TPSA) is 137 Å². The lowest BCUT2D eigenvalue weighted by Crippen LogP contribution is -2.48. The highest BCUT2D eigenvalue weighted by atomic mass is 16.5. The maximum atomic E-state index is 11.8. The molecule has 0 radical (unpaired) electrons. The van der Waals surface area contributed by atoms with Crippen molar-refractivity contribution in [1.82, 2.24) is 30.1 Å². The van der Waals surface area contributed by atoms with Gasteiger partial charge in [0.1, 0.15) is 24.2 Å². The number of aromatic nitrogens is 3. The zero-order chi connectivity index (χ0) is 26.2. The molecule has 1 fully saturated rings. The van der Waals surface area contributed by atoms with E-state index in [-0.39, 0.29) is 17.7 Å². The number of carbonyl (C=O) groups excluding carboxylic acids is 2. The van der Waals surface area contributed by atoms with Crippen molar-refractivity contribution in [2.75, 3.05) is 51.2 Å². The number of nitrogens with zero attached hydrogens (tertiary/aromatic N) is 5. The van der Waals surface area contributed by atoms with Gasteiger partial charge in [-0.1, -0.05) is 13.0 Å². The van der Waals surface area contributed by atoms with Gasteiger partial charge >= 0.3 is 0 Å². The van der Waals surface area contributed by atoms with Crippen molar-refractivity contribution >= 4 is 23.1 Å². The van der Waals surface area contributed by atoms with Crippen molar-refractivity contribution in [3.63, 3.8) is 0 Å². The number of fused-ring (bicyclic) bond motifs is 1. The maximum Gasteiger partial charge on any atom is 0.234 e. The minimum Gasteiger partial charge on any atom is -0.491 e. The Balaban J connectivity index is 1.44. The number of hydrogen-bond donors (Lipinski definition) is 3. The van der Waals surface area contributed by atoms with Gasteiger partial charge in [-0.15, -0.1) is 6.58 Å². The normalized spacial score (nSPS) is 14.4. The Hall–Kier alpha value is -4.43. The van der Waals surface area contributed by atoms with Crippen LogP contribution in [0.4, 0.5) is 5.82 Å². The first-order valence-corrected chi connectivity index (χ1v) is 12.1. The Morgan fingerprint density at radius 3 is 2.97 bits per heavy atom. The van der Waals surface area contributed by atoms with Crippen molar-refractivity contribution in [3.05, 3.63) is 55.0 Å². The van der Waals surface area contributed by atoms with E-state index in [4.69, 9.17) is 4.74 Å². The van der Waals surface area contributed by atoms with E-state index in [0.717, 1.165) is 17.7 Å². The Morgan fingerprint density at radius 2 is 2.24 bits per heavy atom. The summed E-state index contributed by atoms with van der Waals surface area (Å²) < 4.78 is 7.64. The molecule has 2 amide bonds. The predicted molar refractivity (Wildman–Crippen MR) is 139 cm³/mol. The monoisotopic (exact) mass is 502 g/mol. The molecule has 0 spiro atoms. The molecule has 4 heterocycles. The highest BCUT2D eigenvalue weighted by Crippen LogP contribution is 2.31. The number of nitrogens with one attached hydrogen (secondary N) is 3. The van der Waals surface area contributed by atoms with Crippen LogP contribution in [0.25, 0.3) is 16.6 Å². The predicted octanol–water partition coefficient (Wildman–Crippen LogP) is 1.43. The standard InChI is InChI=1S/C26H30N8O3/c1-3-18(2)26(36)30-7-6-28-23-5-4-19(14-31-23)22-12-21(16-34-25(22)20(13-27)15-32-34)37-11-10-33-9-8-29-24(35)17-33/h3-5,12,14-16,18H,1,6-11,17H2,2H3,(H,28,31)(H,29,35)(H,30,36). The van der Waals surface area contributed by atoms with Crippen LogP contribution in [0.15, 0.2) is 49.4 Å². The van der Waals surface area contributed by atoms with Crippen LogP contribution in [-0.2, 0) is 9.59 Å². The first kappa shape index (κ1) is 25.7. The summed E-state index contributed by atoms with van der Waals surface area (Å²) in [4.78, 5) is 29.9. The highest BCUT2D eigenvalue weighted by Gasteiger charge is 2.17. The second-order valence-electron chi connectivity index (χ2n) is 8.70. The largest absolute Gasteiger partial charge is 0.491 e. The quantitative estimate of drug-likeness (QED) is 0.265. The van der Waals surface area contributed by atoms with Crippen LogP contribution < -0.4 is 20.7 Å². The van der Waals surface area contributed by atoms with E-state index >= 15 is 0 Å². The van der Waals surface area contributed by atoms with E-state index in [9.17, 15) is 14.9 Å². The molecule has 37 heavy (non-hydrogen) atoms. The van der Waals surface area contributed by atoms with Crippen molar-refractivity contribution in [2.24, 2.45) is 5.92 Å². The molecule has 0 aromatic carbocycles. The molecule has 1 unspecified atom stereocenters. The number of ether oxygens (including phenoxy) is 1. The molecule has 0 bridgehead atoms. The zero-order valence-corrected chi connectivity index (χ0v) is 20.7. The molecular weight excluding hydrogens is 472 g/mol. The molecule has 11 heteroatoms. The van der Waals surface area contributed by atoms with Gasteiger partial charge in [0, 0.05) is 50.0 Å². The summed E-state index contributed by atoms with van der Waals surface area (Å²) in [7, 11) is 0. The third-order valence-electron chi connectivity index (χ3n) is 6.07. The van der Waals surface area contributed by atoms with Crippen molar-refractivity contribution < 1.29 is 14.3 Å². The Morgan fingerprint density at radius 1 is 1.38 bits per heavy atom. The molecular formula is C26H30N8O3. The fourth-order valence-electron chi connectivity index (χ4n) is 3.95. The molecule has 4 rings (SSSR count). The lowest BCUT2D eigenvalue weighted by molar-refractivity contribution is -0.124. The van der Waals surface area contributed by atoms with Crippen LogP contribution in [0.3, 0.4) is 0 Å². The number of anilines is 1. The van der Waals surface area contributed by atoms with E-state index in [1.807, 2.05) is 23.1 Å². The summed E-state index contributed by atoms with van der Waals surface area (Å²) in [6.45, 7) is 9.23. The van der Waals surface area contributed by atoms with Gasteiger partial charge in [0.25, 0.3) is 0 Å². The van der Waals surface area contributed by atoms with Gasteiger partial charge < -0.3 is 20.7 Å². The summed E-state index contributed by atoms with van der Waals surface area (Å²) in [6, 6.07) is 7.83. The van der Waals surface area contributed by atoms with Gasteiger partial charge in [-0.2, -0.15) is 10.4 Å². The van der Waals surface area contributed by atoms with E-state index < -0.39 is 0 Å². The lowest BCUT2D eigenvalue weighted by atomic mass is 10.1. The minimum absolute atomic E-state index is 0.0213. The van der Waals surface area contributed by atoms with Crippen molar-refractivity contribution in [3.8, 4) is 22.9 Å². The van der Waals surface area contributed by atoms with Crippen molar-refractivity contribution in [1.29, 1.82) is 5.26 Å². The van der Waals surface area contributed by atoms with E-state index in [1.54, 1.807) is 29.9 Å². The van der Waals surface area contributed by atoms with Gasteiger partial charge in [-0.25, -0.2) is 9.50 Å². The van der Waals surface area contributed by atoms with Gasteiger partial charge in [-0.3, -0.25) is 14.5 Å². The fourth-order valence-corrected chi connectivity index (χ4v) is 3.95. The van der Waals surface area contributed by atoms with Gasteiger partial charge in [0.15, 0.2) is 0 Å². The summed E-state index contributed by atoms with van der Waals surface area (Å²) in [6.07, 6.45) is 6.60.